The minimum atomic E-state index is -0.470. The van der Waals surface area contributed by atoms with Crippen molar-refractivity contribution in [3.8, 4) is 5.75 Å². The lowest BCUT2D eigenvalue weighted by Gasteiger charge is -2.26. The first-order chi connectivity index (χ1) is 17.7. The van der Waals surface area contributed by atoms with E-state index in [1.54, 1.807) is 30.9 Å². The van der Waals surface area contributed by atoms with E-state index < -0.39 is 5.91 Å². The lowest BCUT2D eigenvalue weighted by molar-refractivity contribution is 0.0816. The van der Waals surface area contributed by atoms with Crippen LogP contribution < -0.4 is 10.1 Å². The summed E-state index contributed by atoms with van der Waals surface area (Å²) in [5, 5.41) is 6.93. The number of aryl methyl sites for hydroxylation is 1. The Morgan fingerprint density at radius 3 is 2.32 bits per heavy atom. The van der Waals surface area contributed by atoms with Gasteiger partial charge in [-0.25, -0.2) is 0 Å². The van der Waals surface area contributed by atoms with Gasteiger partial charge < -0.3 is 19.4 Å². The number of hydrogen-bond donors (Lipinski definition) is 1. The third kappa shape index (κ3) is 5.58. The van der Waals surface area contributed by atoms with Gasteiger partial charge in [0, 0.05) is 26.1 Å². The molecule has 0 bridgehead atoms. The van der Waals surface area contributed by atoms with Gasteiger partial charge in [-0.1, -0.05) is 56.3 Å². The summed E-state index contributed by atoms with van der Waals surface area (Å²) < 4.78 is 13.1. The van der Waals surface area contributed by atoms with Crippen LogP contribution in [0.15, 0.2) is 77.3 Å². The number of hydrogen-bond acceptors (Lipinski definition) is 5. The number of aromatic nitrogens is 2. The number of rotatable bonds is 9. The molecule has 0 saturated heterocycles. The average molecular weight is 501 g/mol. The minimum Gasteiger partial charge on any atom is -0.486 e. The molecule has 0 atom stereocenters. The van der Waals surface area contributed by atoms with Gasteiger partial charge in [0.2, 0.25) is 0 Å². The Balaban J connectivity index is 1.39. The zero-order chi connectivity index (χ0) is 26.6. The van der Waals surface area contributed by atoms with Crippen LogP contribution in [0.3, 0.4) is 0 Å². The van der Waals surface area contributed by atoms with E-state index in [0.717, 1.165) is 0 Å². The van der Waals surface area contributed by atoms with Gasteiger partial charge in [-0.15, -0.1) is 0 Å². The molecule has 0 spiro atoms. The third-order valence-electron chi connectivity index (χ3n) is 6.33. The summed E-state index contributed by atoms with van der Waals surface area (Å²) in [5.41, 5.74) is 2.94. The first-order valence-corrected chi connectivity index (χ1v) is 12.2. The summed E-state index contributed by atoms with van der Waals surface area (Å²) in [5.74, 6) is 0.608. The van der Waals surface area contributed by atoms with Crippen molar-refractivity contribution in [3.63, 3.8) is 0 Å². The second-order valence-electron chi connectivity index (χ2n) is 9.45. The second-order valence-corrected chi connectivity index (χ2v) is 9.45. The Morgan fingerprint density at radius 1 is 1.00 bits per heavy atom. The first-order valence-electron chi connectivity index (χ1n) is 12.2. The van der Waals surface area contributed by atoms with Crippen molar-refractivity contribution < 1.29 is 18.7 Å². The van der Waals surface area contributed by atoms with E-state index in [1.807, 2.05) is 37.3 Å². The standard InChI is InChI=1S/C29H32N4O4/c1-6-33-26(28(35)32(4)5)24(18-30-33)31-27(34)25-17-16-23(37-25)19-36-22-14-12-21(13-15-22)29(2,3)20-10-8-7-9-11-20/h7-18H,6,19H2,1-5H3,(H,31,34). The van der Waals surface area contributed by atoms with Crippen LogP contribution in [0.25, 0.3) is 0 Å². The Bertz CT molecular complexity index is 1370. The number of carbonyl (C=O) groups is 2. The SMILES string of the molecule is CCn1ncc(NC(=O)c2ccc(COc3ccc(C(C)(C)c4ccccc4)cc3)o2)c1C(=O)N(C)C. The lowest BCUT2D eigenvalue weighted by atomic mass is 9.78. The quantitative estimate of drug-likeness (QED) is 0.334. The van der Waals surface area contributed by atoms with Crippen LogP contribution in [0.1, 0.15) is 58.7 Å². The van der Waals surface area contributed by atoms with Crippen LogP contribution >= 0.6 is 0 Å². The number of anilines is 1. The van der Waals surface area contributed by atoms with Gasteiger partial charge in [0.05, 0.1) is 11.9 Å². The van der Waals surface area contributed by atoms with E-state index >= 15 is 0 Å². The molecule has 2 heterocycles. The van der Waals surface area contributed by atoms with Crippen molar-refractivity contribution in [2.45, 2.75) is 39.3 Å². The third-order valence-corrected chi connectivity index (χ3v) is 6.33. The molecule has 2 aromatic carbocycles. The molecule has 0 aliphatic heterocycles. The van der Waals surface area contributed by atoms with Crippen LogP contribution in [0.2, 0.25) is 0 Å². The maximum absolute atomic E-state index is 12.8. The number of amides is 2. The molecule has 0 fully saturated rings. The van der Waals surface area contributed by atoms with Crippen molar-refractivity contribution in [3.05, 3.63) is 101 Å². The molecule has 0 aliphatic carbocycles. The molecule has 0 unspecified atom stereocenters. The van der Waals surface area contributed by atoms with Crippen molar-refractivity contribution in [1.29, 1.82) is 0 Å². The van der Waals surface area contributed by atoms with Gasteiger partial charge in [0.25, 0.3) is 11.8 Å². The van der Waals surface area contributed by atoms with E-state index in [2.05, 4.69) is 48.5 Å². The van der Waals surface area contributed by atoms with Crippen LogP contribution in [-0.4, -0.2) is 40.6 Å². The number of nitrogens with zero attached hydrogens (tertiary/aromatic N) is 3. The van der Waals surface area contributed by atoms with Gasteiger partial charge in [-0.05, 0) is 42.3 Å². The Labute approximate surface area is 216 Å². The van der Waals surface area contributed by atoms with Crippen LogP contribution in [0.5, 0.6) is 5.75 Å². The van der Waals surface area contributed by atoms with E-state index in [9.17, 15) is 9.59 Å². The fraction of sp³-hybridized carbons (Fsp3) is 0.276. The van der Waals surface area contributed by atoms with Crippen LogP contribution in [0.4, 0.5) is 5.69 Å². The summed E-state index contributed by atoms with van der Waals surface area (Å²) >= 11 is 0. The highest BCUT2D eigenvalue weighted by atomic mass is 16.5. The van der Waals surface area contributed by atoms with Gasteiger partial charge in [0.15, 0.2) is 5.76 Å². The van der Waals surface area contributed by atoms with Gasteiger partial charge in [-0.3, -0.25) is 14.3 Å². The molecule has 0 saturated carbocycles. The van der Waals surface area contributed by atoms with E-state index in [1.165, 1.54) is 22.2 Å². The molecule has 1 N–H and O–H groups in total. The molecule has 8 nitrogen and oxygen atoms in total. The highest BCUT2D eigenvalue weighted by molar-refractivity contribution is 6.07. The molecule has 0 aliphatic rings. The highest BCUT2D eigenvalue weighted by Crippen LogP contribution is 2.32. The number of nitrogens with one attached hydrogen (secondary N) is 1. The lowest BCUT2D eigenvalue weighted by Crippen LogP contribution is -2.26. The van der Waals surface area contributed by atoms with E-state index in [4.69, 9.17) is 9.15 Å². The maximum Gasteiger partial charge on any atom is 0.291 e. The van der Waals surface area contributed by atoms with Crippen LogP contribution in [-0.2, 0) is 18.6 Å². The van der Waals surface area contributed by atoms with Crippen molar-refractivity contribution in [2.24, 2.45) is 0 Å². The molecule has 4 rings (SSSR count). The number of carbonyl (C=O) groups excluding carboxylic acids is 2. The molecule has 4 aromatic rings. The zero-order valence-electron chi connectivity index (χ0n) is 21.8. The van der Waals surface area contributed by atoms with Crippen molar-refractivity contribution in [2.75, 3.05) is 19.4 Å². The predicted molar refractivity (Wildman–Crippen MR) is 142 cm³/mol. The van der Waals surface area contributed by atoms with Gasteiger partial charge in [0.1, 0.15) is 23.8 Å². The van der Waals surface area contributed by atoms with Crippen molar-refractivity contribution in [1.82, 2.24) is 14.7 Å². The van der Waals surface area contributed by atoms with E-state index in [0.29, 0.717) is 29.4 Å². The summed E-state index contributed by atoms with van der Waals surface area (Å²) in [7, 11) is 3.30. The highest BCUT2D eigenvalue weighted by Gasteiger charge is 2.24. The van der Waals surface area contributed by atoms with E-state index in [-0.39, 0.29) is 23.7 Å². The number of ether oxygens (including phenoxy) is 1. The Hall–Kier alpha value is -4.33. The van der Waals surface area contributed by atoms with Crippen molar-refractivity contribution >= 4 is 17.5 Å². The largest absolute Gasteiger partial charge is 0.486 e. The number of benzene rings is 2. The molecule has 192 valence electrons. The molecular weight excluding hydrogens is 468 g/mol. The van der Waals surface area contributed by atoms with Gasteiger partial charge >= 0.3 is 0 Å². The van der Waals surface area contributed by atoms with Gasteiger partial charge in [-0.2, -0.15) is 5.10 Å². The Morgan fingerprint density at radius 2 is 1.68 bits per heavy atom. The predicted octanol–water partition coefficient (Wildman–Crippen LogP) is 5.36. The second kappa shape index (κ2) is 10.7. The normalized spacial score (nSPS) is 11.3. The number of furan rings is 1. The topological polar surface area (TPSA) is 89.6 Å². The summed E-state index contributed by atoms with van der Waals surface area (Å²) in [6, 6.07) is 21.6. The molecular formula is C29H32N4O4. The summed E-state index contributed by atoms with van der Waals surface area (Å²) in [6.45, 7) is 6.94. The molecule has 2 aromatic heterocycles. The smallest absolute Gasteiger partial charge is 0.291 e. The van der Waals surface area contributed by atoms with Crippen LogP contribution in [0, 0.1) is 0 Å². The molecule has 2 amide bonds. The Kier molecular flexibility index (Phi) is 7.47. The fourth-order valence-corrected chi connectivity index (χ4v) is 4.06. The molecule has 0 radical (unpaired) electrons. The molecule has 37 heavy (non-hydrogen) atoms. The average Bonchev–Trinajstić information content (AvgIpc) is 3.55. The fourth-order valence-electron chi connectivity index (χ4n) is 4.06. The maximum atomic E-state index is 12.8. The minimum absolute atomic E-state index is 0.117. The summed E-state index contributed by atoms with van der Waals surface area (Å²) in [4.78, 5) is 26.8. The zero-order valence-corrected chi connectivity index (χ0v) is 21.8. The first kappa shape index (κ1) is 25.8. The monoisotopic (exact) mass is 500 g/mol. The summed E-state index contributed by atoms with van der Waals surface area (Å²) in [6.07, 6.45) is 1.47. The molecule has 8 heteroatoms.